The zero-order valence-electron chi connectivity index (χ0n) is 21.3. The van der Waals surface area contributed by atoms with Gasteiger partial charge in [-0.05, 0) is 74.0 Å². The number of likely N-dealkylation sites (N-methyl/N-ethyl adjacent to an activating group) is 1. The maximum Gasteiger partial charge on any atom is 0.323 e. The van der Waals surface area contributed by atoms with Crippen LogP contribution in [0.3, 0.4) is 0 Å². The summed E-state index contributed by atoms with van der Waals surface area (Å²) < 4.78 is 9.74. The summed E-state index contributed by atoms with van der Waals surface area (Å²) in [6.07, 6.45) is 0.903. The number of anilines is 3. The lowest BCUT2D eigenvalue weighted by molar-refractivity contribution is -0.131. The van der Waals surface area contributed by atoms with Crippen molar-refractivity contribution in [3.63, 3.8) is 0 Å². The largest absolute Gasteiger partial charge is 0.457 e. The van der Waals surface area contributed by atoms with Crippen molar-refractivity contribution in [1.82, 2.24) is 4.90 Å². The quantitative estimate of drug-likeness (QED) is 0.364. The second kappa shape index (κ2) is 11.6. The number of carbonyl (C=O) groups is 2. The van der Waals surface area contributed by atoms with Crippen LogP contribution in [-0.2, 0) is 4.79 Å². The van der Waals surface area contributed by atoms with Crippen molar-refractivity contribution in [3.05, 3.63) is 78.9 Å². The molecule has 1 fully saturated rings. The van der Waals surface area contributed by atoms with Gasteiger partial charge < -0.3 is 25.2 Å². The average Bonchev–Trinajstić information content (AvgIpc) is 3.59. The lowest BCUT2D eigenvalue weighted by Crippen LogP contribution is -2.45. The number of hydrogen-bond donors (Lipinski definition) is 2. The van der Waals surface area contributed by atoms with Crippen LogP contribution in [0.4, 0.5) is 21.9 Å². The number of carbonyl (C=O) groups excluding carboxylic acids is 2. The first kappa shape index (κ1) is 25.6. The van der Waals surface area contributed by atoms with Crippen molar-refractivity contribution in [2.75, 3.05) is 35.7 Å². The molecule has 9 nitrogen and oxygen atoms in total. The van der Waals surface area contributed by atoms with Gasteiger partial charge in [0, 0.05) is 49.1 Å². The van der Waals surface area contributed by atoms with E-state index in [4.69, 9.17) is 4.74 Å². The molecule has 2 N–H and O–H groups in total. The molecule has 1 saturated heterocycles. The highest BCUT2D eigenvalue weighted by Gasteiger charge is 2.37. The molecule has 3 unspecified atom stereocenters. The summed E-state index contributed by atoms with van der Waals surface area (Å²) in [5.41, 5.74) is 2.41. The zero-order valence-corrected chi connectivity index (χ0v) is 22.1. The molecule has 0 saturated carbocycles. The number of benzene rings is 3. The third-order valence-corrected chi connectivity index (χ3v) is 7.72. The van der Waals surface area contributed by atoms with Crippen molar-refractivity contribution in [1.29, 1.82) is 0 Å². The van der Waals surface area contributed by atoms with Crippen LogP contribution in [0.25, 0.3) is 0 Å². The van der Waals surface area contributed by atoms with E-state index in [9.17, 15) is 9.59 Å². The third kappa shape index (κ3) is 6.08. The van der Waals surface area contributed by atoms with Gasteiger partial charge in [0.1, 0.15) is 16.7 Å². The van der Waals surface area contributed by atoms with Gasteiger partial charge in [0.25, 0.3) is 0 Å². The van der Waals surface area contributed by atoms with Crippen LogP contribution < -0.4 is 20.3 Å². The lowest BCUT2D eigenvalue weighted by Gasteiger charge is -2.28. The fourth-order valence-electron chi connectivity index (χ4n) is 4.51. The van der Waals surface area contributed by atoms with Crippen LogP contribution in [0.1, 0.15) is 13.3 Å². The Balaban J connectivity index is 1.10. The monoisotopic (exact) mass is 530 g/mol. The highest BCUT2D eigenvalue weighted by atomic mass is 32.2. The van der Waals surface area contributed by atoms with Gasteiger partial charge in [-0.25, -0.2) is 4.79 Å². The first-order chi connectivity index (χ1) is 18.5. The highest BCUT2D eigenvalue weighted by molar-refractivity contribution is 7.99. The summed E-state index contributed by atoms with van der Waals surface area (Å²) in [6.45, 7) is 3.55. The van der Waals surface area contributed by atoms with E-state index in [0.717, 1.165) is 30.9 Å². The summed E-state index contributed by atoms with van der Waals surface area (Å²) in [7, 11) is 1.87. The van der Waals surface area contributed by atoms with Crippen LogP contribution in [-0.4, -0.2) is 54.3 Å². The number of nitrogens with zero attached hydrogens (tertiary/aromatic N) is 4. The van der Waals surface area contributed by atoms with Gasteiger partial charge in [-0.2, -0.15) is 5.11 Å². The van der Waals surface area contributed by atoms with Gasteiger partial charge in [0.05, 0.1) is 12.1 Å². The van der Waals surface area contributed by atoms with Crippen LogP contribution in [0.5, 0.6) is 11.5 Å². The summed E-state index contributed by atoms with van der Waals surface area (Å²) in [5.74, 6) is 1.53. The van der Waals surface area contributed by atoms with Crippen molar-refractivity contribution in [2.24, 2.45) is 9.63 Å². The third-order valence-electron chi connectivity index (χ3n) is 6.71. The van der Waals surface area contributed by atoms with E-state index in [1.54, 1.807) is 12.1 Å². The van der Waals surface area contributed by atoms with Crippen LogP contribution >= 0.6 is 11.9 Å². The molecular formula is C28H30N6O3S. The Morgan fingerprint density at radius 3 is 2.21 bits per heavy atom. The molecule has 0 bridgehead atoms. The fourth-order valence-corrected chi connectivity index (χ4v) is 5.30. The summed E-state index contributed by atoms with van der Waals surface area (Å²) in [6, 6.07) is 24.2. The normalized spacial score (nSPS) is 20.3. The molecule has 5 rings (SSSR count). The molecule has 196 valence electrons. The minimum absolute atomic E-state index is 0.0854. The predicted octanol–water partition coefficient (Wildman–Crippen LogP) is 6.03. The Morgan fingerprint density at radius 2 is 1.58 bits per heavy atom. The molecule has 10 heteroatoms. The number of nitrogens with one attached hydrogen (secondary N) is 2. The van der Waals surface area contributed by atoms with Crippen LogP contribution in [0, 0.1) is 0 Å². The number of para-hydroxylation sites is 1. The maximum atomic E-state index is 12.9. The zero-order chi connectivity index (χ0) is 26.5. The Morgan fingerprint density at radius 1 is 0.947 bits per heavy atom. The predicted molar refractivity (Wildman–Crippen MR) is 151 cm³/mol. The van der Waals surface area contributed by atoms with E-state index >= 15 is 0 Å². The van der Waals surface area contributed by atoms with Gasteiger partial charge in [-0.3, -0.25) is 4.79 Å². The molecule has 0 spiro atoms. The lowest BCUT2D eigenvalue weighted by atomic mass is 10.1. The maximum absolute atomic E-state index is 12.9. The SMILES string of the molecule is CC1N=NSC1C(=O)N(C)C1CCN(c2ccc(NC(=O)Nc3ccc(Oc4ccccc4)cc3)cc2)C1. The topological polar surface area (TPSA) is 98.6 Å². The molecule has 3 amide bonds. The number of amides is 3. The molecule has 2 heterocycles. The molecule has 3 atom stereocenters. The molecule has 2 aliphatic heterocycles. The Bertz CT molecular complexity index is 1290. The average molecular weight is 531 g/mol. The second-order valence-corrected chi connectivity index (χ2v) is 10.2. The van der Waals surface area contributed by atoms with Crippen molar-refractivity contribution < 1.29 is 14.3 Å². The molecule has 0 aliphatic carbocycles. The number of urea groups is 1. The molecule has 3 aromatic rings. The molecule has 38 heavy (non-hydrogen) atoms. The molecule has 0 aromatic heterocycles. The van der Waals surface area contributed by atoms with Crippen molar-refractivity contribution >= 4 is 40.9 Å². The Hall–Kier alpha value is -4.05. The van der Waals surface area contributed by atoms with Gasteiger partial charge in [-0.15, -0.1) is 4.52 Å². The van der Waals surface area contributed by atoms with Gasteiger partial charge in [0.2, 0.25) is 5.91 Å². The minimum atomic E-state index is -0.326. The fraction of sp³-hybridized carbons (Fsp3) is 0.286. The van der Waals surface area contributed by atoms with E-state index < -0.39 is 0 Å². The smallest absolute Gasteiger partial charge is 0.323 e. The first-order valence-electron chi connectivity index (χ1n) is 12.5. The minimum Gasteiger partial charge on any atom is -0.457 e. The van der Waals surface area contributed by atoms with E-state index in [2.05, 4.69) is 25.2 Å². The van der Waals surface area contributed by atoms with Crippen molar-refractivity contribution in [2.45, 2.75) is 30.7 Å². The van der Waals surface area contributed by atoms with Crippen LogP contribution in [0.15, 0.2) is 88.5 Å². The van der Waals surface area contributed by atoms with Gasteiger partial charge in [0.15, 0.2) is 0 Å². The van der Waals surface area contributed by atoms with Gasteiger partial charge in [-0.1, -0.05) is 18.2 Å². The number of ether oxygens (including phenoxy) is 1. The Labute approximate surface area is 226 Å². The molecule has 0 radical (unpaired) electrons. The summed E-state index contributed by atoms with van der Waals surface area (Å²) >= 11 is 1.26. The first-order valence-corrected chi connectivity index (χ1v) is 13.4. The van der Waals surface area contributed by atoms with Crippen LogP contribution in [0.2, 0.25) is 0 Å². The van der Waals surface area contributed by atoms with E-state index in [1.807, 2.05) is 85.6 Å². The second-order valence-electron chi connectivity index (χ2n) is 9.37. The standard InChI is InChI=1S/C28H30N6O3S/c1-19-26(38-32-31-19)27(35)33(2)23-16-17-34(18-23)22-12-8-20(9-13-22)29-28(36)30-21-10-14-25(15-11-21)37-24-6-4-3-5-7-24/h3-15,19,23,26H,16-18H2,1-2H3,(H2,29,30,36). The number of rotatable bonds is 7. The van der Waals surface area contributed by atoms with E-state index in [1.165, 1.54) is 11.9 Å². The number of hydrogen-bond acceptors (Lipinski definition) is 7. The summed E-state index contributed by atoms with van der Waals surface area (Å²) in [5, 5.41) is 9.54. The molecule has 3 aromatic carbocycles. The molecular weight excluding hydrogens is 500 g/mol. The highest BCUT2D eigenvalue weighted by Crippen LogP contribution is 2.30. The van der Waals surface area contributed by atoms with Crippen molar-refractivity contribution in [3.8, 4) is 11.5 Å². The van der Waals surface area contributed by atoms with E-state index in [0.29, 0.717) is 17.1 Å². The summed E-state index contributed by atoms with van der Waals surface area (Å²) in [4.78, 5) is 29.5. The van der Waals surface area contributed by atoms with Gasteiger partial charge >= 0.3 is 6.03 Å². The Kier molecular flexibility index (Phi) is 7.78. The molecule has 2 aliphatic rings. The van der Waals surface area contributed by atoms with E-state index in [-0.39, 0.29) is 29.3 Å².